The largest absolute Gasteiger partial charge is 0.352 e. The molecule has 1 amide bonds. The molecule has 1 aliphatic heterocycles. The van der Waals surface area contributed by atoms with Crippen molar-refractivity contribution in [1.29, 1.82) is 0 Å². The summed E-state index contributed by atoms with van der Waals surface area (Å²) in [6, 6.07) is 0.927. The molecule has 1 unspecified atom stereocenters. The van der Waals surface area contributed by atoms with Crippen LogP contribution in [0.1, 0.15) is 39.5 Å². The zero-order valence-corrected chi connectivity index (χ0v) is 11.7. The van der Waals surface area contributed by atoms with E-state index in [2.05, 4.69) is 29.4 Å². The highest BCUT2D eigenvalue weighted by molar-refractivity contribution is 5.78. The van der Waals surface area contributed by atoms with E-state index in [1.807, 2.05) is 0 Å². The fourth-order valence-corrected chi connectivity index (χ4v) is 2.70. The number of rotatable bonds is 6. The maximum Gasteiger partial charge on any atom is 0.234 e. The van der Waals surface area contributed by atoms with Crippen LogP contribution in [0.25, 0.3) is 0 Å². The average Bonchev–Trinajstić information content (AvgIpc) is 3.20. The van der Waals surface area contributed by atoms with Gasteiger partial charge in [0.25, 0.3) is 0 Å². The summed E-state index contributed by atoms with van der Waals surface area (Å²) in [5.74, 6) is 0.886. The molecule has 104 valence electrons. The molecule has 2 rings (SSSR count). The maximum absolute atomic E-state index is 11.6. The second-order valence-electron chi connectivity index (χ2n) is 5.78. The van der Waals surface area contributed by atoms with Crippen LogP contribution in [0, 0.1) is 5.92 Å². The van der Waals surface area contributed by atoms with E-state index in [0.717, 1.165) is 18.8 Å². The summed E-state index contributed by atoms with van der Waals surface area (Å²) in [4.78, 5) is 14.1. The summed E-state index contributed by atoms with van der Waals surface area (Å²) >= 11 is 0. The van der Waals surface area contributed by atoms with E-state index in [4.69, 9.17) is 0 Å². The second-order valence-corrected chi connectivity index (χ2v) is 5.78. The molecular weight excluding hydrogens is 226 g/mol. The highest BCUT2D eigenvalue weighted by atomic mass is 16.2. The molecule has 0 bridgehead atoms. The van der Waals surface area contributed by atoms with Crippen LogP contribution < -0.4 is 10.6 Å². The van der Waals surface area contributed by atoms with Crippen molar-refractivity contribution in [2.24, 2.45) is 5.92 Å². The first-order valence-electron chi connectivity index (χ1n) is 7.44. The number of hydrogen-bond donors (Lipinski definition) is 2. The van der Waals surface area contributed by atoms with Gasteiger partial charge in [-0.25, -0.2) is 0 Å². The molecule has 1 heterocycles. The SMILES string of the molecule is CCN1CCC(C(C)NCC(=O)NC2CC2)CC1. The Morgan fingerprint density at radius 3 is 2.50 bits per heavy atom. The third-order valence-corrected chi connectivity index (χ3v) is 4.31. The maximum atomic E-state index is 11.6. The van der Waals surface area contributed by atoms with Crippen molar-refractivity contribution in [2.45, 2.75) is 51.6 Å². The molecule has 18 heavy (non-hydrogen) atoms. The number of piperidine rings is 1. The molecule has 1 saturated heterocycles. The van der Waals surface area contributed by atoms with Gasteiger partial charge < -0.3 is 15.5 Å². The molecule has 0 aromatic heterocycles. The lowest BCUT2D eigenvalue weighted by Gasteiger charge is -2.34. The summed E-state index contributed by atoms with van der Waals surface area (Å²) in [6.45, 7) is 8.51. The Morgan fingerprint density at radius 2 is 1.94 bits per heavy atom. The molecule has 4 heteroatoms. The minimum absolute atomic E-state index is 0.162. The van der Waals surface area contributed by atoms with Gasteiger partial charge in [-0.05, 0) is 58.2 Å². The molecule has 2 N–H and O–H groups in total. The van der Waals surface area contributed by atoms with Gasteiger partial charge in [0.2, 0.25) is 5.91 Å². The lowest BCUT2D eigenvalue weighted by atomic mass is 9.90. The molecule has 0 aromatic rings. The minimum atomic E-state index is 0.162. The molecule has 2 aliphatic rings. The first-order chi connectivity index (χ1) is 8.69. The predicted octanol–water partition coefficient (Wildman–Crippen LogP) is 0.975. The van der Waals surface area contributed by atoms with Crippen molar-refractivity contribution in [3.8, 4) is 0 Å². The monoisotopic (exact) mass is 253 g/mol. The Balaban J connectivity index is 1.61. The predicted molar refractivity (Wildman–Crippen MR) is 73.5 cm³/mol. The van der Waals surface area contributed by atoms with E-state index >= 15 is 0 Å². The highest BCUT2D eigenvalue weighted by Gasteiger charge is 2.25. The van der Waals surface area contributed by atoms with E-state index in [-0.39, 0.29) is 5.91 Å². The summed E-state index contributed by atoms with van der Waals surface area (Å²) in [6.07, 6.45) is 4.84. The minimum Gasteiger partial charge on any atom is -0.352 e. The molecule has 1 saturated carbocycles. The summed E-state index contributed by atoms with van der Waals surface area (Å²) in [7, 11) is 0. The average molecular weight is 253 g/mol. The van der Waals surface area contributed by atoms with Crippen molar-refractivity contribution >= 4 is 5.91 Å². The van der Waals surface area contributed by atoms with Crippen LogP contribution in [-0.2, 0) is 4.79 Å². The summed E-state index contributed by atoms with van der Waals surface area (Å²) in [5, 5.41) is 6.41. The normalized spacial score (nSPS) is 23.9. The third kappa shape index (κ3) is 4.25. The van der Waals surface area contributed by atoms with Gasteiger partial charge in [-0.3, -0.25) is 4.79 Å². The van der Waals surface area contributed by atoms with Gasteiger partial charge in [-0.2, -0.15) is 0 Å². The molecule has 0 radical (unpaired) electrons. The Labute approximate surface area is 110 Å². The Kier molecular flexibility index (Phi) is 5.01. The van der Waals surface area contributed by atoms with Crippen LogP contribution >= 0.6 is 0 Å². The van der Waals surface area contributed by atoms with Gasteiger partial charge in [0.05, 0.1) is 6.54 Å². The lowest BCUT2D eigenvalue weighted by molar-refractivity contribution is -0.120. The van der Waals surface area contributed by atoms with Gasteiger partial charge in [-0.1, -0.05) is 6.92 Å². The van der Waals surface area contributed by atoms with Crippen molar-refractivity contribution in [2.75, 3.05) is 26.2 Å². The quantitative estimate of drug-likeness (QED) is 0.741. The molecule has 4 nitrogen and oxygen atoms in total. The Hall–Kier alpha value is -0.610. The smallest absolute Gasteiger partial charge is 0.234 e. The first-order valence-corrected chi connectivity index (χ1v) is 7.44. The van der Waals surface area contributed by atoms with Gasteiger partial charge in [0.15, 0.2) is 0 Å². The summed E-state index contributed by atoms with van der Waals surface area (Å²) < 4.78 is 0. The van der Waals surface area contributed by atoms with Gasteiger partial charge in [0, 0.05) is 12.1 Å². The lowest BCUT2D eigenvalue weighted by Crippen LogP contribution is -2.45. The van der Waals surface area contributed by atoms with Crippen molar-refractivity contribution < 1.29 is 4.79 Å². The van der Waals surface area contributed by atoms with E-state index in [1.165, 1.54) is 32.5 Å². The number of nitrogens with one attached hydrogen (secondary N) is 2. The van der Waals surface area contributed by atoms with Gasteiger partial charge in [-0.15, -0.1) is 0 Å². The number of nitrogens with zero attached hydrogens (tertiary/aromatic N) is 1. The van der Waals surface area contributed by atoms with Crippen molar-refractivity contribution in [3.05, 3.63) is 0 Å². The van der Waals surface area contributed by atoms with E-state index in [9.17, 15) is 4.79 Å². The highest BCUT2D eigenvalue weighted by Crippen LogP contribution is 2.20. The summed E-state index contributed by atoms with van der Waals surface area (Å²) in [5.41, 5.74) is 0. The van der Waals surface area contributed by atoms with Crippen molar-refractivity contribution in [3.63, 3.8) is 0 Å². The number of amides is 1. The Bertz CT molecular complexity index is 270. The molecular formula is C14H27N3O. The van der Waals surface area contributed by atoms with E-state index < -0.39 is 0 Å². The van der Waals surface area contributed by atoms with Crippen LogP contribution in [-0.4, -0.2) is 49.1 Å². The topological polar surface area (TPSA) is 44.4 Å². The number of carbonyl (C=O) groups excluding carboxylic acids is 1. The Morgan fingerprint density at radius 1 is 1.28 bits per heavy atom. The molecule has 0 spiro atoms. The molecule has 0 aromatic carbocycles. The third-order valence-electron chi connectivity index (χ3n) is 4.31. The van der Waals surface area contributed by atoms with Crippen molar-refractivity contribution in [1.82, 2.24) is 15.5 Å². The van der Waals surface area contributed by atoms with Crippen LogP contribution in [0.4, 0.5) is 0 Å². The number of likely N-dealkylation sites (tertiary alicyclic amines) is 1. The molecule has 1 aliphatic carbocycles. The van der Waals surface area contributed by atoms with E-state index in [1.54, 1.807) is 0 Å². The van der Waals surface area contributed by atoms with Crippen LogP contribution in [0.2, 0.25) is 0 Å². The molecule has 1 atom stereocenters. The van der Waals surface area contributed by atoms with Crippen LogP contribution in [0.15, 0.2) is 0 Å². The van der Waals surface area contributed by atoms with Crippen LogP contribution in [0.5, 0.6) is 0 Å². The van der Waals surface area contributed by atoms with Crippen LogP contribution in [0.3, 0.4) is 0 Å². The van der Waals surface area contributed by atoms with Gasteiger partial charge >= 0.3 is 0 Å². The zero-order valence-electron chi connectivity index (χ0n) is 11.7. The zero-order chi connectivity index (χ0) is 13.0. The first kappa shape index (κ1) is 13.8. The molecule has 2 fully saturated rings. The fourth-order valence-electron chi connectivity index (χ4n) is 2.70. The number of hydrogen-bond acceptors (Lipinski definition) is 3. The standard InChI is InChI=1S/C14H27N3O/c1-3-17-8-6-12(7-9-17)11(2)15-10-14(18)16-13-4-5-13/h11-13,15H,3-10H2,1-2H3,(H,16,18). The number of carbonyl (C=O) groups is 1. The van der Waals surface area contributed by atoms with E-state index in [0.29, 0.717) is 18.6 Å². The van der Waals surface area contributed by atoms with Gasteiger partial charge in [0.1, 0.15) is 0 Å². The second kappa shape index (κ2) is 6.53. The fraction of sp³-hybridized carbons (Fsp3) is 0.929.